The molecule has 2 amide bonds. The summed E-state index contributed by atoms with van der Waals surface area (Å²) in [6.45, 7) is 1.60. The van der Waals surface area contributed by atoms with Crippen molar-refractivity contribution in [1.82, 2.24) is 14.9 Å². The molecule has 176 valence electrons. The molecule has 0 spiro atoms. The highest BCUT2D eigenvalue weighted by molar-refractivity contribution is 6.39. The molecule has 2 aromatic heterocycles. The van der Waals surface area contributed by atoms with Crippen molar-refractivity contribution in [3.8, 4) is 0 Å². The van der Waals surface area contributed by atoms with Crippen molar-refractivity contribution in [2.75, 3.05) is 11.1 Å². The number of aromatic nitrogens is 2. The van der Waals surface area contributed by atoms with Crippen LogP contribution in [-0.2, 0) is 28.7 Å². The normalized spacial score (nSPS) is 15.0. The zero-order valence-corrected chi connectivity index (χ0v) is 18.3. The number of hydrogen-bond donors (Lipinski definition) is 2. The number of benzene rings is 1. The lowest BCUT2D eigenvalue weighted by molar-refractivity contribution is -0.145. The number of amides is 2. The summed E-state index contributed by atoms with van der Waals surface area (Å²) >= 11 is 0. The maximum absolute atomic E-state index is 13.3. The molecule has 1 unspecified atom stereocenters. The fraction of sp³-hybridized carbons (Fsp3) is 0.250. The molecular weight excluding hydrogens is 447 g/mol. The number of rotatable bonds is 4. The van der Waals surface area contributed by atoms with E-state index in [0.717, 1.165) is 23.4 Å². The molecule has 0 radical (unpaired) electrons. The number of fused-ring (bicyclic) bond motifs is 1. The number of anilines is 2. The molecule has 1 aliphatic carbocycles. The van der Waals surface area contributed by atoms with Crippen LogP contribution in [0.4, 0.5) is 24.7 Å². The highest BCUT2D eigenvalue weighted by Crippen LogP contribution is 2.37. The number of nitrogens with zero attached hydrogens (tertiary/aromatic N) is 3. The smallest absolute Gasteiger partial charge is 0.383 e. The molecule has 2 heterocycles. The van der Waals surface area contributed by atoms with Gasteiger partial charge in [-0.05, 0) is 54.7 Å². The van der Waals surface area contributed by atoms with Gasteiger partial charge < -0.3 is 16.0 Å². The van der Waals surface area contributed by atoms with Gasteiger partial charge in [-0.2, -0.15) is 13.2 Å². The topological polar surface area (TPSA) is 101 Å². The van der Waals surface area contributed by atoms with Crippen molar-refractivity contribution >= 4 is 23.3 Å². The zero-order valence-electron chi connectivity index (χ0n) is 18.3. The van der Waals surface area contributed by atoms with Gasteiger partial charge in [0, 0.05) is 6.20 Å². The van der Waals surface area contributed by atoms with Gasteiger partial charge in [-0.3, -0.25) is 14.6 Å². The van der Waals surface area contributed by atoms with E-state index in [2.05, 4.69) is 15.3 Å². The molecule has 0 saturated heterocycles. The van der Waals surface area contributed by atoms with E-state index in [4.69, 9.17) is 5.73 Å². The molecule has 34 heavy (non-hydrogen) atoms. The predicted molar refractivity (Wildman–Crippen MR) is 119 cm³/mol. The molecule has 3 aromatic rings. The van der Waals surface area contributed by atoms with Crippen molar-refractivity contribution in [2.45, 2.75) is 38.5 Å². The molecule has 1 atom stereocenters. The van der Waals surface area contributed by atoms with Gasteiger partial charge in [0.25, 0.3) is 0 Å². The molecular formula is C24H22F3N5O2. The largest absolute Gasteiger partial charge is 0.417 e. The summed E-state index contributed by atoms with van der Waals surface area (Å²) in [6, 6.07) is 10.9. The molecule has 0 saturated carbocycles. The monoisotopic (exact) mass is 469 g/mol. The van der Waals surface area contributed by atoms with Crippen LogP contribution in [0.15, 0.2) is 54.9 Å². The second-order valence-corrected chi connectivity index (χ2v) is 8.10. The highest BCUT2D eigenvalue weighted by atomic mass is 19.4. The Bertz CT molecular complexity index is 1230. The van der Waals surface area contributed by atoms with Crippen molar-refractivity contribution in [3.63, 3.8) is 0 Å². The molecule has 0 bridgehead atoms. The highest BCUT2D eigenvalue weighted by Gasteiger charge is 2.35. The Labute approximate surface area is 193 Å². The van der Waals surface area contributed by atoms with E-state index >= 15 is 0 Å². The third-order valence-corrected chi connectivity index (χ3v) is 5.79. The molecule has 7 nitrogen and oxygen atoms in total. The molecule has 10 heteroatoms. The molecule has 0 aliphatic heterocycles. The maximum Gasteiger partial charge on any atom is 0.417 e. The Morgan fingerprint density at radius 3 is 2.59 bits per heavy atom. The number of nitrogens with one attached hydrogen (secondary N) is 1. The molecule has 1 aromatic carbocycles. The molecule has 3 N–H and O–H groups in total. The van der Waals surface area contributed by atoms with Gasteiger partial charge in [-0.1, -0.05) is 24.3 Å². The maximum atomic E-state index is 13.3. The SMILES string of the molecule is Cc1cc(NC(=O)C(=O)N(Cc2ccc(C(F)(F)F)cn2)C2CCc3ccccc32)cnc1N. The summed E-state index contributed by atoms with van der Waals surface area (Å²) in [7, 11) is 0. The van der Waals surface area contributed by atoms with Crippen LogP contribution >= 0.6 is 0 Å². The number of alkyl halides is 3. The standard InChI is InChI=1S/C24H22F3N5O2/c1-14-10-18(12-30-21(14)28)31-22(33)23(34)32(20-9-6-15-4-2-3-5-19(15)20)13-17-8-7-16(11-29-17)24(25,26)27/h2-5,7-8,10-12,20H,6,9,13H2,1H3,(H2,28,30)(H,31,33). The Balaban J connectivity index is 1.61. The average molecular weight is 469 g/mol. The van der Waals surface area contributed by atoms with E-state index in [1.54, 1.807) is 13.0 Å². The Morgan fingerprint density at radius 2 is 1.91 bits per heavy atom. The Morgan fingerprint density at radius 1 is 1.15 bits per heavy atom. The van der Waals surface area contributed by atoms with Crippen LogP contribution < -0.4 is 11.1 Å². The second-order valence-electron chi connectivity index (χ2n) is 8.10. The number of nitrogens with two attached hydrogens (primary N) is 1. The first-order chi connectivity index (χ1) is 16.1. The number of carbonyl (C=O) groups excluding carboxylic acids is 2. The van der Waals surface area contributed by atoms with Gasteiger partial charge in [-0.25, -0.2) is 4.98 Å². The summed E-state index contributed by atoms with van der Waals surface area (Å²) in [5.41, 5.74) is 7.97. The van der Waals surface area contributed by atoms with Crippen LogP contribution in [0, 0.1) is 6.92 Å². The number of aryl methyl sites for hydroxylation is 2. The first kappa shape index (κ1) is 23.2. The van der Waals surface area contributed by atoms with Gasteiger partial charge >= 0.3 is 18.0 Å². The average Bonchev–Trinajstić information content (AvgIpc) is 3.23. The zero-order chi connectivity index (χ0) is 24.5. The number of halogens is 3. The van der Waals surface area contributed by atoms with Gasteiger partial charge in [0.05, 0.1) is 35.7 Å². The molecule has 1 aliphatic rings. The third kappa shape index (κ3) is 4.85. The van der Waals surface area contributed by atoms with Gasteiger partial charge in [0.2, 0.25) is 0 Å². The van der Waals surface area contributed by atoms with E-state index in [1.165, 1.54) is 17.2 Å². The fourth-order valence-electron chi connectivity index (χ4n) is 4.01. The van der Waals surface area contributed by atoms with Crippen LogP contribution in [0.25, 0.3) is 0 Å². The van der Waals surface area contributed by atoms with Crippen LogP contribution in [0.1, 0.15) is 40.4 Å². The van der Waals surface area contributed by atoms with Crippen molar-refractivity contribution < 1.29 is 22.8 Å². The van der Waals surface area contributed by atoms with Crippen molar-refractivity contribution in [1.29, 1.82) is 0 Å². The summed E-state index contributed by atoms with van der Waals surface area (Å²) in [5.74, 6) is -1.40. The van der Waals surface area contributed by atoms with Crippen LogP contribution in [0.2, 0.25) is 0 Å². The predicted octanol–water partition coefficient (Wildman–Crippen LogP) is 4.04. The van der Waals surface area contributed by atoms with Gasteiger partial charge in [-0.15, -0.1) is 0 Å². The van der Waals surface area contributed by atoms with Crippen LogP contribution in [-0.4, -0.2) is 26.7 Å². The van der Waals surface area contributed by atoms with E-state index in [0.29, 0.717) is 29.9 Å². The van der Waals surface area contributed by atoms with Gasteiger partial charge in [0.15, 0.2) is 0 Å². The lowest BCUT2D eigenvalue weighted by atomic mass is 10.1. The number of nitrogen functional groups attached to an aromatic ring is 1. The lowest BCUT2D eigenvalue weighted by Gasteiger charge is -2.29. The second kappa shape index (κ2) is 9.12. The minimum atomic E-state index is -4.52. The first-order valence-corrected chi connectivity index (χ1v) is 10.6. The summed E-state index contributed by atoms with van der Waals surface area (Å²) in [5, 5.41) is 2.54. The summed E-state index contributed by atoms with van der Waals surface area (Å²) in [4.78, 5) is 35.4. The Kier molecular flexibility index (Phi) is 6.23. The van der Waals surface area contributed by atoms with E-state index < -0.39 is 29.6 Å². The minimum Gasteiger partial charge on any atom is -0.383 e. The molecule has 0 fully saturated rings. The van der Waals surface area contributed by atoms with Crippen molar-refractivity contribution in [2.24, 2.45) is 0 Å². The first-order valence-electron chi connectivity index (χ1n) is 10.6. The van der Waals surface area contributed by atoms with Crippen LogP contribution in [0.5, 0.6) is 0 Å². The van der Waals surface area contributed by atoms with E-state index in [1.807, 2.05) is 24.3 Å². The van der Waals surface area contributed by atoms with E-state index in [9.17, 15) is 22.8 Å². The number of hydrogen-bond acceptors (Lipinski definition) is 5. The third-order valence-electron chi connectivity index (χ3n) is 5.79. The minimum absolute atomic E-state index is 0.123. The van der Waals surface area contributed by atoms with Gasteiger partial charge in [0.1, 0.15) is 5.82 Å². The quantitative estimate of drug-likeness (QED) is 0.562. The summed E-state index contributed by atoms with van der Waals surface area (Å²) in [6.07, 6.45) is -1.14. The fourth-order valence-corrected chi connectivity index (χ4v) is 4.01. The van der Waals surface area contributed by atoms with Crippen molar-refractivity contribution in [3.05, 3.63) is 82.8 Å². The molecule has 4 rings (SSSR count). The lowest BCUT2D eigenvalue weighted by Crippen LogP contribution is -2.41. The number of pyridine rings is 2. The number of carbonyl (C=O) groups is 2. The Hall–Kier alpha value is -3.95. The summed E-state index contributed by atoms with van der Waals surface area (Å²) < 4.78 is 38.8. The van der Waals surface area contributed by atoms with Crippen LogP contribution in [0.3, 0.4) is 0 Å². The van der Waals surface area contributed by atoms with E-state index in [-0.39, 0.29) is 12.2 Å².